The van der Waals surface area contributed by atoms with E-state index in [9.17, 15) is 49.2 Å². The van der Waals surface area contributed by atoms with Crippen molar-refractivity contribution in [1.29, 1.82) is 0 Å². The van der Waals surface area contributed by atoms with E-state index in [4.69, 9.17) is 24.9 Å². The van der Waals surface area contributed by atoms with Crippen LogP contribution >= 0.6 is 11.3 Å². The Kier molecular flexibility index (Phi) is 7.05. The number of thiazole rings is 1. The number of cyclic esters (lactones) is 1. The Morgan fingerprint density at radius 2 is 1.87 bits per heavy atom. The number of nitrogens with zero attached hydrogens (tertiary/aromatic N) is 5. The second-order valence-corrected chi connectivity index (χ2v) is 11.1. The van der Waals surface area contributed by atoms with Crippen LogP contribution in [0.4, 0.5) is 5.13 Å². The van der Waals surface area contributed by atoms with E-state index in [1.54, 1.807) is 0 Å². The number of nitrogen functional groups attached to an aromatic ring is 1. The van der Waals surface area contributed by atoms with Gasteiger partial charge >= 0.3 is 29.3 Å². The van der Waals surface area contributed by atoms with Crippen LogP contribution in [0.1, 0.15) is 18.2 Å². The molecule has 2 amide bonds. The van der Waals surface area contributed by atoms with Crippen LogP contribution < -0.4 is 16.7 Å². The Hall–Kier alpha value is -5.74. The molecule has 3 aliphatic heterocycles. The van der Waals surface area contributed by atoms with E-state index in [1.807, 2.05) is 0 Å². The molecule has 0 spiro atoms. The summed E-state index contributed by atoms with van der Waals surface area (Å²) in [5, 5.41) is 46.6. The molecule has 3 atom stereocenters. The Balaban J connectivity index is 1.24. The van der Waals surface area contributed by atoms with Gasteiger partial charge in [0.2, 0.25) is 0 Å². The molecule has 6 rings (SSSR count). The first-order valence-electron chi connectivity index (χ1n) is 12.9. The van der Waals surface area contributed by atoms with Crippen LogP contribution in [0.25, 0.3) is 5.52 Å². The minimum Gasteiger partial charge on any atom is -0.504 e. The van der Waals surface area contributed by atoms with E-state index in [-0.39, 0.29) is 34.6 Å². The molecular formula is C24H21N7O14S. The molecule has 0 aliphatic carbocycles. The number of carbonyl (C=O) groups excluding carboxylic acids is 3. The van der Waals surface area contributed by atoms with E-state index in [0.717, 1.165) is 38.8 Å². The number of fused-ring (bicyclic) bond motifs is 1. The third kappa shape index (κ3) is 4.70. The maximum atomic E-state index is 13.4. The molecule has 3 fully saturated rings. The van der Waals surface area contributed by atoms with Gasteiger partial charge < -0.3 is 45.8 Å². The van der Waals surface area contributed by atoms with Gasteiger partial charge in [0.05, 0.1) is 18.1 Å². The number of nitrogens with two attached hydrogens (primary N) is 1. The molecule has 242 valence electrons. The minimum absolute atomic E-state index is 0.0201. The van der Waals surface area contributed by atoms with Crippen LogP contribution in [-0.4, -0.2) is 112 Å². The number of aliphatic carboxylic acids is 2. The monoisotopic (exact) mass is 663 g/mol. The Morgan fingerprint density at radius 1 is 1.13 bits per heavy atom. The number of oxime groups is 1. The zero-order valence-electron chi connectivity index (χ0n) is 22.9. The number of hydrogen-bond donors (Lipinski definition) is 6. The summed E-state index contributed by atoms with van der Waals surface area (Å²) in [5.41, 5.74) is -0.573. The fourth-order valence-corrected chi connectivity index (χ4v) is 5.35. The molecule has 2 unspecified atom stereocenters. The van der Waals surface area contributed by atoms with E-state index in [0.29, 0.717) is 0 Å². The number of carbonyl (C=O) groups is 5. The maximum Gasteiger partial charge on any atom is 0.372 e. The van der Waals surface area contributed by atoms with Gasteiger partial charge in [-0.05, 0) is 0 Å². The van der Waals surface area contributed by atoms with Crippen LogP contribution in [0.3, 0.4) is 0 Å². The number of anilines is 1. The summed E-state index contributed by atoms with van der Waals surface area (Å²) in [6.45, 7) is -1.37. The molecule has 3 aliphatic rings. The Bertz CT molecular complexity index is 1910. The average molecular weight is 664 g/mol. The lowest BCUT2D eigenvalue weighted by atomic mass is 10.0. The highest BCUT2D eigenvalue weighted by atomic mass is 32.1. The summed E-state index contributed by atoms with van der Waals surface area (Å²) >= 11 is 0.920. The van der Waals surface area contributed by atoms with Gasteiger partial charge in [-0.25, -0.2) is 24.2 Å². The molecule has 0 bridgehead atoms. The lowest BCUT2D eigenvalue weighted by molar-refractivity contribution is -0.256. The van der Waals surface area contributed by atoms with Crippen molar-refractivity contribution >= 4 is 57.4 Å². The first kappa shape index (κ1) is 30.3. The number of carboxylic acids is 2. The molecule has 46 heavy (non-hydrogen) atoms. The van der Waals surface area contributed by atoms with Crippen LogP contribution in [0.5, 0.6) is 11.5 Å². The fraction of sp³-hybridized carbons (Fsp3) is 0.333. The molecule has 21 nitrogen and oxygen atoms in total. The fourth-order valence-electron chi connectivity index (χ4n) is 4.81. The second-order valence-electron chi connectivity index (χ2n) is 10.2. The zero-order chi connectivity index (χ0) is 33.1. The number of hydroxylamine groups is 2. The van der Waals surface area contributed by atoms with Gasteiger partial charge in [-0.15, -0.1) is 11.3 Å². The number of ether oxygens (including phenoxy) is 2. The van der Waals surface area contributed by atoms with E-state index < -0.39 is 89.1 Å². The normalized spacial score (nSPS) is 24.1. The van der Waals surface area contributed by atoms with E-state index in [1.165, 1.54) is 5.38 Å². The van der Waals surface area contributed by atoms with Crippen LogP contribution in [0.15, 0.2) is 33.8 Å². The predicted octanol–water partition coefficient (Wildman–Crippen LogP) is -2.65. The number of carboxylic acid groups (broad SMARTS) is 2. The number of aromatic hydroxyl groups is 2. The average Bonchev–Trinajstić information content (AvgIpc) is 3.72. The van der Waals surface area contributed by atoms with E-state index >= 15 is 0 Å². The van der Waals surface area contributed by atoms with Gasteiger partial charge in [0.1, 0.15) is 37.6 Å². The van der Waals surface area contributed by atoms with Crippen molar-refractivity contribution in [3.63, 3.8) is 0 Å². The standard InChI is InChI=1S/C24H21N7O14S/c25-21-27-11(6-46-21)15(28-45-23(19(37)38)7-42-8-23)16(34)26-10-5-43-31(17(10)35)24(20(39)40)2-12(18(36)44-24)30-3-9-1-13(32)14(33)4-29(9)22(30)41/h1,3-4,6,10,12,32-33H,2,5,7-8H2,(H2,25,27)(H,26,34)(H,37,38)(H,39,40)/b28-15-/t10-,12?,24?/m0/s1. The van der Waals surface area contributed by atoms with Crippen LogP contribution in [0.2, 0.25) is 0 Å². The highest BCUT2D eigenvalue weighted by molar-refractivity contribution is 7.13. The molecule has 6 heterocycles. The number of hydrogen-bond acceptors (Lipinski definition) is 16. The SMILES string of the molecule is Nc1nc(/C(=N/OC2(C(=O)O)COC2)C(=O)N[C@H]2CON(C3(C(=O)O)CC(n4cc5cc(O)c(O)cn5c4=O)C(=O)O3)C2=O)cs1. The minimum atomic E-state index is -2.78. The van der Waals surface area contributed by atoms with Crippen LogP contribution in [0, 0.1) is 0 Å². The molecule has 3 saturated heterocycles. The summed E-state index contributed by atoms with van der Waals surface area (Å²) in [6.07, 6.45) is 1.18. The summed E-state index contributed by atoms with van der Waals surface area (Å²) in [7, 11) is 0. The third-order valence-corrected chi connectivity index (χ3v) is 7.98. The molecule has 0 aromatic carbocycles. The highest BCUT2D eigenvalue weighted by Gasteiger charge is 2.63. The summed E-state index contributed by atoms with van der Waals surface area (Å²) in [4.78, 5) is 91.1. The lowest BCUT2D eigenvalue weighted by Crippen LogP contribution is -2.57. The smallest absolute Gasteiger partial charge is 0.372 e. The predicted molar refractivity (Wildman–Crippen MR) is 145 cm³/mol. The number of esters is 1. The van der Waals surface area contributed by atoms with Crippen LogP contribution in [-0.2, 0) is 43.1 Å². The lowest BCUT2D eigenvalue weighted by Gasteiger charge is -2.34. The number of imidazole rings is 1. The van der Waals surface area contributed by atoms with Crippen molar-refractivity contribution in [2.45, 2.75) is 29.8 Å². The number of nitrogens with one attached hydrogen (secondary N) is 1. The molecule has 0 saturated carbocycles. The third-order valence-electron chi connectivity index (χ3n) is 7.31. The molecular weight excluding hydrogens is 642 g/mol. The van der Waals surface area contributed by atoms with Gasteiger partial charge in [0.25, 0.3) is 17.4 Å². The second kappa shape index (κ2) is 10.7. The topological polar surface area (TPSA) is 296 Å². The van der Waals surface area contributed by atoms with Gasteiger partial charge in [-0.1, -0.05) is 5.16 Å². The maximum absolute atomic E-state index is 13.4. The first-order chi connectivity index (χ1) is 21.8. The molecule has 22 heteroatoms. The molecule has 3 aromatic heterocycles. The summed E-state index contributed by atoms with van der Waals surface area (Å²) in [6, 6.07) is -2.14. The van der Waals surface area contributed by atoms with Gasteiger partial charge in [0, 0.05) is 17.6 Å². The largest absolute Gasteiger partial charge is 0.504 e. The quantitative estimate of drug-likeness (QED) is 0.0774. The zero-order valence-corrected chi connectivity index (χ0v) is 23.7. The van der Waals surface area contributed by atoms with Crippen molar-refractivity contribution in [3.8, 4) is 11.5 Å². The van der Waals surface area contributed by atoms with E-state index in [2.05, 4.69) is 15.5 Å². The highest BCUT2D eigenvalue weighted by Crippen LogP contribution is 2.39. The first-order valence-corrected chi connectivity index (χ1v) is 13.8. The van der Waals surface area contributed by atoms with Crippen molar-refractivity contribution in [2.24, 2.45) is 5.16 Å². The number of aromatic nitrogens is 3. The summed E-state index contributed by atoms with van der Waals surface area (Å²) < 4.78 is 11.7. The van der Waals surface area contributed by atoms with Crippen molar-refractivity contribution in [3.05, 3.63) is 40.0 Å². The van der Waals surface area contributed by atoms with Crippen molar-refractivity contribution < 1.29 is 63.5 Å². The van der Waals surface area contributed by atoms with Gasteiger partial charge in [0.15, 0.2) is 22.3 Å². The van der Waals surface area contributed by atoms with Gasteiger partial charge in [-0.2, -0.15) is 5.06 Å². The summed E-state index contributed by atoms with van der Waals surface area (Å²) in [5.74, 6) is -7.96. The molecule has 7 N–H and O–H groups in total. The molecule has 0 radical (unpaired) electrons. The van der Waals surface area contributed by atoms with Crippen molar-refractivity contribution in [1.82, 2.24) is 24.3 Å². The Morgan fingerprint density at radius 3 is 2.48 bits per heavy atom. The number of rotatable bonds is 9. The Labute approximate surface area is 257 Å². The number of amides is 2. The number of pyridine rings is 1. The van der Waals surface area contributed by atoms with Gasteiger partial charge in [-0.3, -0.25) is 23.4 Å². The van der Waals surface area contributed by atoms with Crippen molar-refractivity contribution in [2.75, 3.05) is 25.6 Å². The molecule has 3 aromatic rings.